The maximum Gasteiger partial charge on any atom is 0.234 e. The maximum absolute atomic E-state index is 12.0. The van der Waals surface area contributed by atoms with Crippen molar-refractivity contribution in [3.63, 3.8) is 0 Å². The molecule has 0 spiro atoms. The summed E-state index contributed by atoms with van der Waals surface area (Å²) in [6, 6.07) is 7.22. The van der Waals surface area contributed by atoms with Crippen LogP contribution in [0.25, 0.3) is 0 Å². The molecule has 5 heteroatoms. The first-order chi connectivity index (χ1) is 9.73. The van der Waals surface area contributed by atoms with Crippen molar-refractivity contribution in [2.45, 2.75) is 39.3 Å². The number of carbonyl (C=O) groups excluding carboxylic acids is 1. The van der Waals surface area contributed by atoms with Gasteiger partial charge in [-0.3, -0.25) is 9.69 Å². The van der Waals surface area contributed by atoms with E-state index >= 15 is 0 Å². The topological polar surface area (TPSA) is 52.6 Å². The number of aliphatic hydroxyl groups is 1. The number of amides is 1. The third kappa shape index (κ3) is 6.46. The molecule has 21 heavy (non-hydrogen) atoms. The van der Waals surface area contributed by atoms with Crippen molar-refractivity contribution in [2.75, 3.05) is 19.6 Å². The number of nitrogens with zero attached hydrogens (tertiary/aromatic N) is 1. The molecule has 2 N–H and O–H groups in total. The van der Waals surface area contributed by atoms with Gasteiger partial charge in [0.05, 0.1) is 12.6 Å². The van der Waals surface area contributed by atoms with E-state index in [-0.39, 0.29) is 18.0 Å². The summed E-state index contributed by atoms with van der Waals surface area (Å²) in [4.78, 5) is 13.9. The Kier molecular flexibility index (Phi) is 6.65. The monoisotopic (exact) mass is 312 g/mol. The summed E-state index contributed by atoms with van der Waals surface area (Å²) in [6.07, 6.45) is -0.707. The van der Waals surface area contributed by atoms with Gasteiger partial charge in [-0.1, -0.05) is 36.7 Å². The summed E-state index contributed by atoms with van der Waals surface area (Å²) < 4.78 is 0. The van der Waals surface area contributed by atoms with E-state index in [4.69, 9.17) is 11.6 Å². The summed E-state index contributed by atoms with van der Waals surface area (Å²) in [5.41, 5.74) is 0.437. The lowest BCUT2D eigenvalue weighted by Gasteiger charge is -2.26. The summed E-state index contributed by atoms with van der Waals surface area (Å²) >= 11 is 6.08. The molecule has 0 bridgehead atoms. The number of likely N-dealkylation sites (N-methyl/N-ethyl adjacent to an activating group) is 1. The van der Waals surface area contributed by atoms with Crippen molar-refractivity contribution in [2.24, 2.45) is 0 Å². The van der Waals surface area contributed by atoms with Crippen molar-refractivity contribution >= 4 is 17.5 Å². The first-order valence-corrected chi connectivity index (χ1v) is 7.56. The molecule has 0 aliphatic rings. The van der Waals surface area contributed by atoms with Gasteiger partial charge >= 0.3 is 0 Å². The molecule has 1 aromatic carbocycles. The normalized spacial score (nSPS) is 13.3. The molecule has 1 amide bonds. The number of nitrogens with one attached hydrogen (secondary N) is 1. The Balaban J connectivity index is 2.62. The average molecular weight is 313 g/mol. The van der Waals surface area contributed by atoms with Crippen LogP contribution in [0.3, 0.4) is 0 Å². The number of hydrogen-bond acceptors (Lipinski definition) is 3. The molecule has 0 fully saturated rings. The van der Waals surface area contributed by atoms with E-state index in [9.17, 15) is 9.90 Å². The lowest BCUT2D eigenvalue weighted by atomic mass is 10.1. The van der Waals surface area contributed by atoms with Gasteiger partial charge in [0, 0.05) is 22.7 Å². The fourth-order valence-electron chi connectivity index (χ4n) is 2.05. The molecule has 0 aromatic heterocycles. The molecule has 4 nitrogen and oxygen atoms in total. The number of benzene rings is 1. The van der Waals surface area contributed by atoms with Crippen LogP contribution in [0.5, 0.6) is 0 Å². The third-order valence-electron chi connectivity index (χ3n) is 3.02. The van der Waals surface area contributed by atoms with Gasteiger partial charge in [0.1, 0.15) is 0 Å². The fourth-order valence-corrected chi connectivity index (χ4v) is 2.32. The molecule has 118 valence electrons. The lowest BCUT2D eigenvalue weighted by Crippen LogP contribution is -2.46. The average Bonchev–Trinajstić information content (AvgIpc) is 2.36. The zero-order chi connectivity index (χ0) is 16.0. The van der Waals surface area contributed by atoms with E-state index in [0.717, 1.165) is 0 Å². The Morgan fingerprint density at radius 3 is 2.52 bits per heavy atom. The highest BCUT2D eigenvalue weighted by atomic mass is 35.5. The lowest BCUT2D eigenvalue weighted by molar-refractivity contribution is -0.123. The Morgan fingerprint density at radius 1 is 1.38 bits per heavy atom. The molecule has 0 saturated heterocycles. The van der Waals surface area contributed by atoms with Crippen molar-refractivity contribution in [3.05, 3.63) is 34.9 Å². The smallest absolute Gasteiger partial charge is 0.234 e. The van der Waals surface area contributed by atoms with Crippen LogP contribution in [0.2, 0.25) is 5.02 Å². The number of halogens is 1. The fraction of sp³-hybridized carbons (Fsp3) is 0.562. The van der Waals surface area contributed by atoms with Crippen LogP contribution < -0.4 is 5.32 Å². The van der Waals surface area contributed by atoms with Crippen LogP contribution >= 0.6 is 11.6 Å². The first kappa shape index (κ1) is 18.0. The highest BCUT2D eigenvalue weighted by Gasteiger charge is 2.19. The second-order valence-electron chi connectivity index (χ2n) is 6.16. The van der Waals surface area contributed by atoms with Crippen molar-refractivity contribution in [1.29, 1.82) is 0 Å². The summed E-state index contributed by atoms with van der Waals surface area (Å²) in [5, 5.41) is 13.8. The van der Waals surface area contributed by atoms with Gasteiger partial charge in [-0.2, -0.15) is 0 Å². The Labute approximate surface area is 132 Å². The minimum absolute atomic E-state index is 0.0456. The second kappa shape index (κ2) is 7.78. The van der Waals surface area contributed by atoms with Crippen LogP contribution in [0.1, 0.15) is 39.4 Å². The highest BCUT2D eigenvalue weighted by Crippen LogP contribution is 2.23. The molecule has 1 rings (SSSR count). The zero-order valence-corrected chi connectivity index (χ0v) is 13.9. The number of carbonyl (C=O) groups is 1. The largest absolute Gasteiger partial charge is 0.387 e. The molecule has 0 aliphatic carbocycles. The van der Waals surface area contributed by atoms with Crippen LogP contribution in [0.4, 0.5) is 0 Å². The molecule has 1 aromatic rings. The Bertz CT molecular complexity index is 472. The zero-order valence-electron chi connectivity index (χ0n) is 13.2. The van der Waals surface area contributed by atoms with E-state index < -0.39 is 6.10 Å². The second-order valence-corrected chi connectivity index (χ2v) is 6.57. The highest BCUT2D eigenvalue weighted by molar-refractivity contribution is 6.31. The SMILES string of the molecule is CCN(CC(=O)NC(C)(C)C)C[C@@H](O)c1ccccc1Cl. The van der Waals surface area contributed by atoms with Crippen LogP contribution in [0.15, 0.2) is 24.3 Å². The minimum Gasteiger partial charge on any atom is -0.387 e. The summed E-state index contributed by atoms with van der Waals surface area (Å²) in [6.45, 7) is 9.11. The van der Waals surface area contributed by atoms with Crippen LogP contribution in [-0.2, 0) is 4.79 Å². The van der Waals surface area contributed by atoms with Gasteiger partial charge < -0.3 is 10.4 Å². The van der Waals surface area contributed by atoms with Crippen molar-refractivity contribution < 1.29 is 9.90 Å². The standard InChI is InChI=1S/C16H25ClN2O2/c1-5-19(11-15(21)18-16(2,3)4)10-14(20)12-8-6-7-9-13(12)17/h6-9,14,20H,5,10-11H2,1-4H3,(H,18,21)/t14-/m1/s1. The quantitative estimate of drug-likeness (QED) is 0.849. The molecular weight excluding hydrogens is 288 g/mol. The Hall–Kier alpha value is -1.10. The van der Waals surface area contributed by atoms with Gasteiger partial charge in [-0.05, 0) is 33.4 Å². The molecule has 0 unspecified atom stereocenters. The van der Waals surface area contributed by atoms with Crippen molar-refractivity contribution in [3.8, 4) is 0 Å². The minimum atomic E-state index is -0.707. The molecule has 1 atom stereocenters. The third-order valence-corrected chi connectivity index (χ3v) is 3.37. The van der Waals surface area contributed by atoms with E-state index in [0.29, 0.717) is 23.7 Å². The van der Waals surface area contributed by atoms with E-state index in [1.165, 1.54) is 0 Å². The first-order valence-electron chi connectivity index (χ1n) is 7.18. The van der Waals surface area contributed by atoms with Crippen molar-refractivity contribution in [1.82, 2.24) is 10.2 Å². The summed E-state index contributed by atoms with van der Waals surface area (Å²) in [7, 11) is 0. The van der Waals surface area contributed by atoms with Gasteiger partial charge in [0.2, 0.25) is 5.91 Å². The van der Waals surface area contributed by atoms with E-state index in [1.54, 1.807) is 12.1 Å². The molecular formula is C16H25ClN2O2. The van der Waals surface area contributed by atoms with E-state index in [1.807, 2.05) is 44.7 Å². The summed E-state index contributed by atoms with van der Waals surface area (Å²) in [5.74, 6) is -0.0456. The predicted molar refractivity (Wildman–Crippen MR) is 86.4 cm³/mol. The van der Waals surface area contributed by atoms with Gasteiger partial charge in [-0.25, -0.2) is 0 Å². The predicted octanol–water partition coefficient (Wildman–Crippen LogP) is 2.61. The van der Waals surface area contributed by atoms with E-state index in [2.05, 4.69) is 5.32 Å². The number of aliphatic hydroxyl groups excluding tert-OH is 1. The number of rotatable bonds is 6. The van der Waals surface area contributed by atoms with Crippen LogP contribution in [0, 0.1) is 0 Å². The molecule has 0 aliphatic heterocycles. The van der Waals surface area contributed by atoms with Gasteiger partial charge in [-0.15, -0.1) is 0 Å². The maximum atomic E-state index is 12.0. The van der Waals surface area contributed by atoms with Crippen LogP contribution in [-0.4, -0.2) is 41.1 Å². The van der Waals surface area contributed by atoms with Gasteiger partial charge in [0.25, 0.3) is 0 Å². The number of hydrogen-bond donors (Lipinski definition) is 2. The molecule has 0 saturated carbocycles. The van der Waals surface area contributed by atoms with Gasteiger partial charge in [0.15, 0.2) is 0 Å². The molecule has 0 radical (unpaired) electrons. The Morgan fingerprint density at radius 2 is 2.00 bits per heavy atom. The molecule has 0 heterocycles.